The van der Waals surface area contributed by atoms with Crippen molar-refractivity contribution < 1.29 is 9.59 Å². The Hall–Kier alpha value is -2.37. The summed E-state index contributed by atoms with van der Waals surface area (Å²) in [5.74, 6) is -1.29. The first-order valence-corrected chi connectivity index (χ1v) is 5.73. The number of rotatable bonds is 3. The Bertz CT molecular complexity index is 576. The number of benzene rings is 1. The van der Waals surface area contributed by atoms with Crippen molar-refractivity contribution in [2.45, 2.75) is 13.3 Å². The highest BCUT2D eigenvalue weighted by atomic mass is 16.2. The summed E-state index contributed by atoms with van der Waals surface area (Å²) >= 11 is 0. The normalized spacial score (nSPS) is 10.3. The number of aromatic amines is 1. The van der Waals surface area contributed by atoms with Crippen LogP contribution in [0.4, 0.5) is 5.69 Å². The van der Waals surface area contributed by atoms with E-state index in [2.05, 4.69) is 20.6 Å². The molecule has 0 aliphatic heterocycles. The standard InChI is InChI=1S/C12H14N4O2/c1-2-5-13-11(17)12(18)16-8-3-4-9-10(6-8)15-7-14-9/h3-4,6-7H,2,5H2,1H3,(H,13,17)(H,14,15)(H,16,18). The fourth-order valence-corrected chi connectivity index (χ4v) is 1.52. The largest absolute Gasteiger partial charge is 0.348 e. The molecule has 94 valence electrons. The number of fused-ring (bicyclic) bond motifs is 1. The number of hydrogen-bond acceptors (Lipinski definition) is 3. The van der Waals surface area contributed by atoms with Gasteiger partial charge in [0.25, 0.3) is 0 Å². The zero-order valence-electron chi connectivity index (χ0n) is 9.99. The molecule has 1 heterocycles. The van der Waals surface area contributed by atoms with E-state index in [0.717, 1.165) is 17.5 Å². The zero-order chi connectivity index (χ0) is 13.0. The minimum Gasteiger partial charge on any atom is -0.348 e. The molecule has 1 aromatic heterocycles. The molecule has 0 saturated carbocycles. The first kappa shape index (κ1) is 12.1. The van der Waals surface area contributed by atoms with Gasteiger partial charge >= 0.3 is 11.8 Å². The van der Waals surface area contributed by atoms with Crippen LogP contribution in [0.25, 0.3) is 11.0 Å². The third-order valence-electron chi connectivity index (χ3n) is 2.42. The molecular weight excluding hydrogens is 232 g/mol. The third kappa shape index (κ3) is 2.65. The van der Waals surface area contributed by atoms with Gasteiger partial charge in [-0.3, -0.25) is 9.59 Å². The Balaban J connectivity index is 2.04. The van der Waals surface area contributed by atoms with Crippen LogP contribution in [0.15, 0.2) is 24.5 Å². The van der Waals surface area contributed by atoms with Crippen molar-refractivity contribution >= 4 is 28.5 Å². The lowest BCUT2D eigenvalue weighted by molar-refractivity contribution is -0.136. The van der Waals surface area contributed by atoms with Gasteiger partial charge in [-0.25, -0.2) is 4.98 Å². The van der Waals surface area contributed by atoms with Crippen LogP contribution in [0.3, 0.4) is 0 Å². The van der Waals surface area contributed by atoms with Crippen molar-refractivity contribution in [2.75, 3.05) is 11.9 Å². The molecule has 0 unspecified atom stereocenters. The molecule has 6 nitrogen and oxygen atoms in total. The Morgan fingerprint density at radius 3 is 2.94 bits per heavy atom. The lowest BCUT2D eigenvalue weighted by Crippen LogP contribution is -2.35. The Morgan fingerprint density at radius 1 is 1.33 bits per heavy atom. The number of H-pyrrole nitrogens is 1. The second kappa shape index (κ2) is 5.31. The minimum atomic E-state index is -0.665. The van der Waals surface area contributed by atoms with E-state index in [9.17, 15) is 9.59 Å². The van der Waals surface area contributed by atoms with Gasteiger partial charge in [-0.2, -0.15) is 0 Å². The van der Waals surface area contributed by atoms with E-state index in [1.54, 1.807) is 24.5 Å². The SMILES string of the molecule is CCCNC(=O)C(=O)Nc1ccc2nc[nH]c2c1. The highest BCUT2D eigenvalue weighted by molar-refractivity contribution is 6.39. The van der Waals surface area contributed by atoms with E-state index in [0.29, 0.717) is 12.2 Å². The molecule has 2 rings (SSSR count). The summed E-state index contributed by atoms with van der Waals surface area (Å²) in [5.41, 5.74) is 2.17. The summed E-state index contributed by atoms with van der Waals surface area (Å²) in [6.45, 7) is 2.41. The quantitative estimate of drug-likeness (QED) is 0.707. The van der Waals surface area contributed by atoms with Crippen molar-refractivity contribution in [3.8, 4) is 0 Å². The summed E-state index contributed by atoms with van der Waals surface area (Å²) in [6, 6.07) is 5.20. The van der Waals surface area contributed by atoms with Gasteiger partial charge in [-0.05, 0) is 24.6 Å². The number of aromatic nitrogens is 2. The number of nitrogens with one attached hydrogen (secondary N) is 3. The van der Waals surface area contributed by atoms with Gasteiger partial charge in [-0.15, -0.1) is 0 Å². The molecule has 0 saturated heterocycles. The predicted octanol–water partition coefficient (Wildman–Crippen LogP) is 1.03. The molecule has 2 amide bonds. The molecule has 3 N–H and O–H groups in total. The van der Waals surface area contributed by atoms with Crippen molar-refractivity contribution in [1.82, 2.24) is 15.3 Å². The first-order valence-electron chi connectivity index (χ1n) is 5.73. The number of amides is 2. The van der Waals surface area contributed by atoms with Crippen molar-refractivity contribution in [3.05, 3.63) is 24.5 Å². The molecule has 0 fully saturated rings. The van der Waals surface area contributed by atoms with Crippen LogP contribution in [0, 0.1) is 0 Å². The van der Waals surface area contributed by atoms with E-state index < -0.39 is 11.8 Å². The molecule has 2 aromatic rings. The van der Waals surface area contributed by atoms with Crippen LogP contribution in [-0.4, -0.2) is 28.3 Å². The molecule has 6 heteroatoms. The molecule has 18 heavy (non-hydrogen) atoms. The van der Waals surface area contributed by atoms with E-state index in [-0.39, 0.29) is 0 Å². The van der Waals surface area contributed by atoms with E-state index >= 15 is 0 Å². The van der Waals surface area contributed by atoms with Crippen LogP contribution in [-0.2, 0) is 9.59 Å². The van der Waals surface area contributed by atoms with Gasteiger partial charge in [0, 0.05) is 12.2 Å². The summed E-state index contributed by atoms with van der Waals surface area (Å²) in [4.78, 5) is 29.9. The second-order valence-corrected chi connectivity index (χ2v) is 3.84. The maximum atomic E-state index is 11.5. The molecule has 0 aliphatic carbocycles. The monoisotopic (exact) mass is 246 g/mol. The zero-order valence-corrected chi connectivity index (χ0v) is 9.99. The van der Waals surface area contributed by atoms with Crippen LogP contribution in [0.5, 0.6) is 0 Å². The van der Waals surface area contributed by atoms with E-state index in [1.165, 1.54) is 0 Å². The van der Waals surface area contributed by atoms with Crippen LogP contribution < -0.4 is 10.6 Å². The van der Waals surface area contributed by atoms with Gasteiger partial charge in [0.15, 0.2) is 0 Å². The van der Waals surface area contributed by atoms with Crippen molar-refractivity contribution in [2.24, 2.45) is 0 Å². The molecule has 0 radical (unpaired) electrons. The topological polar surface area (TPSA) is 86.9 Å². The lowest BCUT2D eigenvalue weighted by Gasteiger charge is -2.05. The average Bonchev–Trinajstić information content (AvgIpc) is 2.83. The van der Waals surface area contributed by atoms with Crippen LogP contribution in [0.2, 0.25) is 0 Å². The Labute approximate surface area is 104 Å². The Kier molecular flexibility index (Phi) is 3.57. The summed E-state index contributed by atoms with van der Waals surface area (Å²) in [5, 5.41) is 5.05. The van der Waals surface area contributed by atoms with Gasteiger partial charge in [-0.1, -0.05) is 6.92 Å². The summed E-state index contributed by atoms with van der Waals surface area (Å²) < 4.78 is 0. The summed E-state index contributed by atoms with van der Waals surface area (Å²) in [7, 11) is 0. The molecule has 0 atom stereocenters. The molecule has 0 aliphatic rings. The van der Waals surface area contributed by atoms with Gasteiger partial charge < -0.3 is 15.6 Å². The van der Waals surface area contributed by atoms with Gasteiger partial charge in [0.1, 0.15) is 0 Å². The highest BCUT2D eigenvalue weighted by Gasteiger charge is 2.12. The maximum Gasteiger partial charge on any atom is 0.313 e. The maximum absolute atomic E-state index is 11.5. The third-order valence-corrected chi connectivity index (χ3v) is 2.42. The number of nitrogens with zero attached hydrogens (tertiary/aromatic N) is 1. The second-order valence-electron chi connectivity index (χ2n) is 3.84. The molecule has 0 spiro atoms. The van der Waals surface area contributed by atoms with Crippen molar-refractivity contribution in [3.63, 3.8) is 0 Å². The van der Waals surface area contributed by atoms with Crippen LogP contribution >= 0.6 is 0 Å². The lowest BCUT2D eigenvalue weighted by atomic mass is 10.2. The fourth-order valence-electron chi connectivity index (χ4n) is 1.52. The van der Waals surface area contributed by atoms with Crippen LogP contribution in [0.1, 0.15) is 13.3 Å². The number of carbonyl (C=O) groups is 2. The van der Waals surface area contributed by atoms with E-state index in [4.69, 9.17) is 0 Å². The number of hydrogen-bond donors (Lipinski definition) is 3. The average molecular weight is 246 g/mol. The van der Waals surface area contributed by atoms with Gasteiger partial charge in [0.05, 0.1) is 17.4 Å². The number of carbonyl (C=O) groups excluding carboxylic acids is 2. The predicted molar refractivity (Wildman–Crippen MR) is 68.0 cm³/mol. The summed E-state index contributed by atoms with van der Waals surface area (Å²) in [6.07, 6.45) is 2.36. The number of anilines is 1. The fraction of sp³-hybridized carbons (Fsp3) is 0.250. The molecule has 0 bridgehead atoms. The smallest absolute Gasteiger partial charge is 0.313 e. The van der Waals surface area contributed by atoms with E-state index in [1.807, 2.05) is 6.92 Å². The highest BCUT2D eigenvalue weighted by Crippen LogP contribution is 2.15. The molecule has 1 aromatic carbocycles. The minimum absolute atomic E-state index is 0.492. The number of imidazole rings is 1. The Morgan fingerprint density at radius 2 is 2.17 bits per heavy atom. The molecular formula is C12H14N4O2. The first-order chi connectivity index (χ1) is 8.70. The van der Waals surface area contributed by atoms with Gasteiger partial charge in [0.2, 0.25) is 0 Å². The van der Waals surface area contributed by atoms with Crippen molar-refractivity contribution in [1.29, 1.82) is 0 Å².